The SMILES string of the molecule is CC(=O)CC(=O)N(C)Cc1ccc(F)cc1. The van der Waals surface area contributed by atoms with E-state index in [0.717, 1.165) is 5.56 Å². The first-order valence-electron chi connectivity index (χ1n) is 4.97. The number of ketones is 1. The Kier molecular flexibility index (Phi) is 4.17. The van der Waals surface area contributed by atoms with Crippen LogP contribution in [0.1, 0.15) is 18.9 Å². The van der Waals surface area contributed by atoms with Crippen molar-refractivity contribution in [1.29, 1.82) is 0 Å². The van der Waals surface area contributed by atoms with E-state index >= 15 is 0 Å². The van der Waals surface area contributed by atoms with Crippen LogP contribution in [-0.2, 0) is 16.1 Å². The van der Waals surface area contributed by atoms with E-state index in [9.17, 15) is 14.0 Å². The molecule has 0 bridgehead atoms. The summed E-state index contributed by atoms with van der Waals surface area (Å²) in [6, 6.07) is 5.93. The van der Waals surface area contributed by atoms with Gasteiger partial charge in [-0.3, -0.25) is 9.59 Å². The fourth-order valence-corrected chi connectivity index (χ4v) is 1.30. The first-order valence-corrected chi connectivity index (χ1v) is 4.97. The van der Waals surface area contributed by atoms with Crippen LogP contribution in [0.15, 0.2) is 24.3 Å². The minimum Gasteiger partial charge on any atom is -0.341 e. The van der Waals surface area contributed by atoms with Crippen LogP contribution in [0.3, 0.4) is 0 Å². The summed E-state index contributed by atoms with van der Waals surface area (Å²) in [5, 5.41) is 0. The van der Waals surface area contributed by atoms with Crippen molar-refractivity contribution in [2.45, 2.75) is 19.9 Å². The van der Waals surface area contributed by atoms with Gasteiger partial charge in [-0.2, -0.15) is 0 Å². The second-order valence-corrected chi connectivity index (χ2v) is 3.76. The Morgan fingerprint density at radius 3 is 2.31 bits per heavy atom. The zero-order chi connectivity index (χ0) is 12.1. The summed E-state index contributed by atoms with van der Waals surface area (Å²) >= 11 is 0. The molecule has 3 nitrogen and oxygen atoms in total. The lowest BCUT2D eigenvalue weighted by atomic mass is 10.2. The van der Waals surface area contributed by atoms with E-state index in [0.29, 0.717) is 6.54 Å². The molecule has 0 aliphatic carbocycles. The van der Waals surface area contributed by atoms with E-state index in [2.05, 4.69) is 0 Å². The van der Waals surface area contributed by atoms with Gasteiger partial charge in [0.2, 0.25) is 5.91 Å². The number of hydrogen-bond donors (Lipinski definition) is 0. The van der Waals surface area contributed by atoms with Crippen molar-refractivity contribution in [3.8, 4) is 0 Å². The summed E-state index contributed by atoms with van der Waals surface area (Å²) in [6.45, 7) is 1.76. The summed E-state index contributed by atoms with van der Waals surface area (Å²) in [5.74, 6) is -0.686. The van der Waals surface area contributed by atoms with Crippen LogP contribution in [-0.4, -0.2) is 23.6 Å². The highest BCUT2D eigenvalue weighted by Gasteiger charge is 2.11. The predicted octanol–water partition coefficient (Wildman–Crippen LogP) is 1.76. The maximum absolute atomic E-state index is 12.6. The monoisotopic (exact) mass is 223 g/mol. The summed E-state index contributed by atoms with van der Waals surface area (Å²) in [5.41, 5.74) is 0.834. The van der Waals surface area contributed by atoms with Gasteiger partial charge in [0.15, 0.2) is 0 Å². The molecule has 0 atom stereocenters. The van der Waals surface area contributed by atoms with Crippen molar-refractivity contribution in [2.75, 3.05) is 7.05 Å². The molecule has 0 unspecified atom stereocenters. The maximum atomic E-state index is 12.6. The van der Waals surface area contributed by atoms with Gasteiger partial charge in [-0.25, -0.2) is 4.39 Å². The zero-order valence-electron chi connectivity index (χ0n) is 9.37. The van der Waals surface area contributed by atoms with E-state index in [4.69, 9.17) is 0 Å². The van der Waals surface area contributed by atoms with Crippen molar-refractivity contribution in [2.24, 2.45) is 0 Å². The van der Waals surface area contributed by atoms with Gasteiger partial charge in [0, 0.05) is 13.6 Å². The molecule has 0 aliphatic heterocycles. The average Bonchev–Trinajstić information content (AvgIpc) is 2.20. The molecule has 1 aromatic rings. The van der Waals surface area contributed by atoms with Gasteiger partial charge in [-0.15, -0.1) is 0 Å². The molecule has 0 N–H and O–H groups in total. The van der Waals surface area contributed by atoms with Gasteiger partial charge in [0.1, 0.15) is 11.6 Å². The fraction of sp³-hybridized carbons (Fsp3) is 0.333. The van der Waals surface area contributed by atoms with Crippen molar-refractivity contribution in [3.63, 3.8) is 0 Å². The molecule has 1 amide bonds. The van der Waals surface area contributed by atoms with Crippen LogP contribution in [0.25, 0.3) is 0 Å². The van der Waals surface area contributed by atoms with Crippen LogP contribution in [0.2, 0.25) is 0 Å². The van der Waals surface area contributed by atoms with Crippen LogP contribution >= 0.6 is 0 Å². The van der Waals surface area contributed by atoms with Crippen molar-refractivity contribution >= 4 is 11.7 Å². The molecule has 0 fully saturated rings. The second-order valence-electron chi connectivity index (χ2n) is 3.76. The summed E-state index contributed by atoms with van der Waals surface area (Å²) in [7, 11) is 1.62. The number of amides is 1. The maximum Gasteiger partial charge on any atom is 0.230 e. The van der Waals surface area contributed by atoms with E-state index in [1.807, 2.05) is 0 Å². The fourth-order valence-electron chi connectivity index (χ4n) is 1.30. The molecule has 0 spiro atoms. The molecular formula is C12H14FNO2. The second kappa shape index (κ2) is 5.39. The molecule has 16 heavy (non-hydrogen) atoms. The van der Waals surface area contributed by atoms with Crippen molar-refractivity contribution in [1.82, 2.24) is 4.90 Å². The Hall–Kier alpha value is -1.71. The normalized spacial score (nSPS) is 9.94. The molecule has 0 radical (unpaired) electrons. The largest absolute Gasteiger partial charge is 0.341 e. The van der Waals surface area contributed by atoms with Crippen LogP contribution in [0, 0.1) is 5.82 Å². The van der Waals surface area contributed by atoms with E-state index in [1.165, 1.54) is 24.0 Å². The van der Waals surface area contributed by atoms with Gasteiger partial charge in [-0.1, -0.05) is 12.1 Å². The Balaban J connectivity index is 2.57. The number of halogens is 1. The van der Waals surface area contributed by atoms with Gasteiger partial charge in [-0.05, 0) is 24.6 Å². The molecule has 0 saturated heterocycles. The molecule has 86 valence electrons. The summed E-state index contributed by atoms with van der Waals surface area (Å²) in [6.07, 6.45) is -0.0856. The quantitative estimate of drug-likeness (QED) is 0.729. The highest BCUT2D eigenvalue weighted by Crippen LogP contribution is 2.06. The minimum atomic E-state index is -0.304. The lowest BCUT2D eigenvalue weighted by molar-refractivity contribution is -0.134. The van der Waals surface area contributed by atoms with Crippen LogP contribution in [0.4, 0.5) is 4.39 Å². The van der Waals surface area contributed by atoms with Crippen molar-refractivity contribution in [3.05, 3.63) is 35.6 Å². The van der Waals surface area contributed by atoms with E-state index in [-0.39, 0.29) is 23.9 Å². The van der Waals surface area contributed by atoms with E-state index < -0.39 is 0 Å². The molecule has 0 saturated carbocycles. The molecule has 0 heterocycles. The molecule has 0 aromatic heterocycles. The Bertz CT molecular complexity index is 387. The van der Waals surface area contributed by atoms with Crippen molar-refractivity contribution < 1.29 is 14.0 Å². The third kappa shape index (κ3) is 3.81. The van der Waals surface area contributed by atoms with Gasteiger partial charge in [0.25, 0.3) is 0 Å². The predicted molar refractivity (Wildman–Crippen MR) is 58.2 cm³/mol. The molecule has 1 aromatic carbocycles. The lowest BCUT2D eigenvalue weighted by Crippen LogP contribution is -2.27. The average molecular weight is 223 g/mol. The number of benzene rings is 1. The third-order valence-corrected chi connectivity index (χ3v) is 2.16. The molecule has 0 aliphatic rings. The number of carbonyl (C=O) groups excluding carboxylic acids is 2. The lowest BCUT2D eigenvalue weighted by Gasteiger charge is -2.16. The number of rotatable bonds is 4. The molecule has 1 rings (SSSR count). The first kappa shape index (κ1) is 12.4. The highest BCUT2D eigenvalue weighted by molar-refractivity contribution is 5.96. The third-order valence-electron chi connectivity index (χ3n) is 2.16. The number of Topliss-reactive ketones (excluding diaryl/α,β-unsaturated/α-hetero) is 1. The topological polar surface area (TPSA) is 37.4 Å². The molecular weight excluding hydrogens is 209 g/mol. The number of nitrogens with zero attached hydrogens (tertiary/aromatic N) is 1. The van der Waals surface area contributed by atoms with E-state index in [1.54, 1.807) is 19.2 Å². The first-order chi connectivity index (χ1) is 7.49. The van der Waals surface area contributed by atoms with Crippen LogP contribution in [0.5, 0.6) is 0 Å². The summed E-state index contributed by atoms with van der Waals surface area (Å²) < 4.78 is 12.6. The molecule has 4 heteroatoms. The minimum absolute atomic E-state index is 0.0856. The van der Waals surface area contributed by atoms with Gasteiger partial charge < -0.3 is 4.90 Å². The number of hydrogen-bond acceptors (Lipinski definition) is 2. The van der Waals surface area contributed by atoms with Gasteiger partial charge in [0.05, 0.1) is 6.42 Å². The van der Waals surface area contributed by atoms with Crippen LogP contribution < -0.4 is 0 Å². The Labute approximate surface area is 93.9 Å². The zero-order valence-corrected chi connectivity index (χ0v) is 9.37. The van der Waals surface area contributed by atoms with Gasteiger partial charge >= 0.3 is 0 Å². The Morgan fingerprint density at radius 1 is 1.25 bits per heavy atom. The standard InChI is InChI=1S/C12H14FNO2/c1-9(15)7-12(16)14(2)8-10-3-5-11(13)6-4-10/h3-6H,7-8H2,1-2H3. The smallest absolute Gasteiger partial charge is 0.230 e. The number of carbonyl (C=O) groups is 2. The summed E-state index contributed by atoms with van der Waals surface area (Å²) in [4.78, 5) is 23.7. The highest BCUT2D eigenvalue weighted by atomic mass is 19.1. The Morgan fingerprint density at radius 2 is 1.81 bits per heavy atom.